The lowest BCUT2D eigenvalue weighted by Gasteiger charge is -2.20. The van der Waals surface area contributed by atoms with E-state index in [1.54, 1.807) is 35.7 Å². The maximum Gasteiger partial charge on any atom is 0.264 e. The van der Waals surface area contributed by atoms with E-state index in [1.165, 1.54) is 28.3 Å². The smallest absolute Gasteiger partial charge is 0.264 e. The zero-order valence-corrected chi connectivity index (χ0v) is 18.1. The second-order valence-electron chi connectivity index (χ2n) is 6.77. The van der Waals surface area contributed by atoms with Gasteiger partial charge in [0.15, 0.2) is 0 Å². The molecule has 1 N–H and O–H groups in total. The van der Waals surface area contributed by atoms with E-state index in [0.717, 1.165) is 18.4 Å². The molecule has 0 bridgehead atoms. The third-order valence-corrected chi connectivity index (χ3v) is 7.33. The van der Waals surface area contributed by atoms with Crippen LogP contribution in [0.5, 0.6) is 0 Å². The summed E-state index contributed by atoms with van der Waals surface area (Å²) in [4.78, 5) is 13.2. The van der Waals surface area contributed by atoms with Gasteiger partial charge < -0.3 is 5.32 Å². The Bertz CT molecular complexity index is 1060. The van der Waals surface area contributed by atoms with Gasteiger partial charge in [-0.15, -0.1) is 11.3 Å². The van der Waals surface area contributed by atoms with Gasteiger partial charge in [-0.25, -0.2) is 8.42 Å². The van der Waals surface area contributed by atoms with Crippen molar-refractivity contribution in [1.82, 2.24) is 5.32 Å². The van der Waals surface area contributed by atoms with Crippen molar-refractivity contribution < 1.29 is 13.2 Å². The molecule has 0 unspecified atom stereocenters. The van der Waals surface area contributed by atoms with Crippen LogP contribution in [-0.2, 0) is 16.4 Å². The number of rotatable bonds is 8. The van der Waals surface area contributed by atoms with Gasteiger partial charge in [0.25, 0.3) is 15.9 Å². The number of nitrogens with one attached hydrogen (secondary N) is 1. The van der Waals surface area contributed by atoms with Gasteiger partial charge in [-0.2, -0.15) is 0 Å². The van der Waals surface area contributed by atoms with E-state index in [9.17, 15) is 13.2 Å². The van der Waals surface area contributed by atoms with Crippen molar-refractivity contribution in [2.45, 2.75) is 24.7 Å². The highest BCUT2D eigenvalue weighted by Crippen LogP contribution is 2.29. The average molecular weight is 429 g/mol. The molecule has 152 valence electrons. The summed E-state index contributed by atoms with van der Waals surface area (Å²) < 4.78 is 27.0. The molecule has 1 aromatic heterocycles. The first-order valence-electron chi connectivity index (χ1n) is 9.35. The Hall–Kier alpha value is -2.64. The van der Waals surface area contributed by atoms with Crippen LogP contribution < -0.4 is 9.62 Å². The van der Waals surface area contributed by atoms with Gasteiger partial charge in [-0.05, 0) is 48.9 Å². The highest BCUT2D eigenvalue weighted by Gasteiger charge is 2.26. The van der Waals surface area contributed by atoms with Crippen LogP contribution in [0.2, 0.25) is 0 Å². The number of sulfonamides is 1. The van der Waals surface area contributed by atoms with Crippen molar-refractivity contribution in [3.63, 3.8) is 0 Å². The Morgan fingerprint density at radius 2 is 1.72 bits per heavy atom. The minimum atomic E-state index is -3.74. The SMILES string of the molecule is Cc1ccc(S(=O)(=O)N(C)c2ccsc2C(=O)NCCCc2ccccc2)cc1. The van der Waals surface area contributed by atoms with Gasteiger partial charge in [-0.3, -0.25) is 9.10 Å². The number of benzene rings is 2. The summed E-state index contributed by atoms with van der Waals surface area (Å²) in [6, 6.07) is 18.4. The van der Waals surface area contributed by atoms with Crippen LogP contribution in [0.15, 0.2) is 70.9 Å². The van der Waals surface area contributed by atoms with Crippen molar-refractivity contribution in [3.05, 3.63) is 82.0 Å². The Balaban J connectivity index is 1.66. The zero-order chi connectivity index (χ0) is 20.9. The van der Waals surface area contributed by atoms with Crippen molar-refractivity contribution in [2.75, 3.05) is 17.9 Å². The summed E-state index contributed by atoms with van der Waals surface area (Å²) in [6.45, 7) is 2.43. The summed E-state index contributed by atoms with van der Waals surface area (Å²) in [5.74, 6) is -0.256. The van der Waals surface area contributed by atoms with Gasteiger partial charge in [0.1, 0.15) is 4.88 Å². The third-order valence-electron chi connectivity index (χ3n) is 4.64. The monoisotopic (exact) mass is 428 g/mol. The second kappa shape index (κ2) is 9.24. The number of carbonyl (C=O) groups excluding carboxylic acids is 1. The molecule has 0 aliphatic carbocycles. The van der Waals surface area contributed by atoms with Crippen LogP contribution in [-0.4, -0.2) is 27.9 Å². The molecule has 1 heterocycles. The lowest BCUT2D eigenvalue weighted by molar-refractivity contribution is 0.0958. The van der Waals surface area contributed by atoms with Crippen LogP contribution >= 0.6 is 11.3 Å². The molecule has 29 heavy (non-hydrogen) atoms. The Kier molecular flexibility index (Phi) is 6.71. The molecule has 0 aliphatic rings. The maximum atomic E-state index is 12.9. The lowest BCUT2D eigenvalue weighted by Crippen LogP contribution is -2.30. The van der Waals surface area contributed by atoms with E-state index >= 15 is 0 Å². The molecule has 0 aliphatic heterocycles. The number of hydrogen-bond donors (Lipinski definition) is 1. The molecule has 0 saturated carbocycles. The Labute approximate surface area is 176 Å². The predicted molar refractivity (Wildman–Crippen MR) is 118 cm³/mol. The summed E-state index contributed by atoms with van der Waals surface area (Å²) in [7, 11) is -2.26. The van der Waals surface area contributed by atoms with Gasteiger partial charge in [0.05, 0.1) is 10.6 Å². The Morgan fingerprint density at radius 1 is 1.03 bits per heavy atom. The standard InChI is InChI=1S/C22H24N2O3S2/c1-17-10-12-19(13-11-17)29(26,27)24(2)20-14-16-28-21(20)22(25)23-15-6-9-18-7-4-3-5-8-18/h3-5,7-8,10-14,16H,6,9,15H2,1-2H3,(H,23,25). The van der Waals surface area contributed by atoms with Gasteiger partial charge in [0.2, 0.25) is 0 Å². The van der Waals surface area contributed by atoms with Crippen molar-refractivity contribution in [1.29, 1.82) is 0 Å². The fourth-order valence-corrected chi connectivity index (χ4v) is 5.04. The van der Waals surface area contributed by atoms with Crippen LogP contribution in [0, 0.1) is 6.92 Å². The minimum absolute atomic E-state index is 0.200. The summed E-state index contributed by atoms with van der Waals surface area (Å²) in [5, 5.41) is 4.63. The molecule has 0 radical (unpaired) electrons. The number of nitrogens with zero attached hydrogens (tertiary/aromatic N) is 1. The summed E-state index contributed by atoms with van der Waals surface area (Å²) in [5.41, 5.74) is 2.59. The average Bonchev–Trinajstić information content (AvgIpc) is 3.21. The first-order chi connectivity index (χ1) is 13.9. The number of hydrogen-bond acceptors (Lipinski definition) is 4. The lowest BCUT2D eigenvalue weighted by atomic mass is 10.1. The summed E-state index contributed by atoms with van der Waals surface area (Å²) >= 11 is 1.24. The van der Waals surface area contributed by atoms with E-state index in [2.05, 4.69) is 17.4 Å². The van der Waals surface area contributed by atoms with E-state index in [1.807, 2.05) is 25.1 Å². The van der Waals surface area contributed by atoms with Gasteiger partial charge in [0, 0.05) is 13.6 Å². The minimum Gasteiger partial charge on any atom is -0.351 e. The number of thiophene rings is 1. The van der Waals surface area contributed by atoms with E-state index in [-0.39, 0.29) is 10.8 Å². The maximum absolute atomic E-state index is 12.9. The molecule has 0 atom stereocenters. The number of carbonyl (C=O) groups is 1. The number of aryl methyl sites for hydroxylation is 2. The van der Waals surface area contributed by atoms with Crippen LogP contribution in [0.25, 0.3) is 0 Å². The molecular weight excluding hydrogens is 404 g/mol. The molecule has 0 saturated heterocycles. The Morgan fingerprint density at radius 3 is 2.41 bits per heavy atom. The van der Waals surface area contributed by atoms with Gasteiger partial charge >= 0.3 is 0 Å². The summed E-state index contributed by atoms with van der Waals surface area (Å²) in [6.07, 6.45) is 1.69. The quantitative estimate of drug-likeness (QED) is 0.546. The molecule has 2 aromatic carbocycles. The first kappa shape index (κ1) is 21.1. The molecule has 0 fully saturated rings. The van der Waals surface area contributed by atoms with Crippen molar-refractivity contribution in [2.24, 2.45) is 0 Å². The molecule has 7 heteroatoms. The van der Waals surface area contributed by atoms with E-state index < -0.39 is 10.0 Å². The topological polar surface area (TPSA) is 66.5 Å². The van der Waals surface area contributed by atoms with E-state index in [4.69, 9.17) is 0 Å². The van der Waals surface area contributed by atoms with E-state index in [0.29, 0.717) is 17.1 Å². The van der Waals surface area contributed by atoms with Crippen LogP contribution in [0.3, 0.4) is 0 Å². The van der Waals surface area contributed by atoms with Crippen LogP contribution in [0.4, 0.5) is 5.69 Å². The number of anilines is 1. The molecular formula is C22H24N2O3S2. The fraction of sp³-hybridized carbons (Fsp3) is 0.227. The van der Waals surface area contributed by atoms with Gasteiger partial charge in [-0.1, -0.05) is 48.0 Å². The predicted octanol–water partition coefficient (Wildman–Crippen LogP) is 4.24. The highest BCUT2D eigenvalue weighted by atomic mass is 32.2. The van der Waals surface area contributed by atoms with Crippen molar-refractivity contribution in [3.8, 4) is 0 Å². The van der Waals surface area contributed by atoms with Crippen LogP contribution in [0.1, 0.15) is 27.2 Å². The third kappa shape index (κ3) is 5.05. The highest BCUT2D eigenvalue weighted by molar-refractivity contribution is 7.92. The van der Waals surface area contributed by atoms with Crippen molar-refractivity contribution >= 4 is 33.0 Å². The molecule has 3 rings (SSSR count). The normalized spacial score (nSPS) is 11.2. The molecule has 3 aromatic rings. The fourth-order valence-electron chi connectivity index (χ4n) is 2.94. The zero-order valence-electron chi connectivity index (χ0n) is 16.5. The molecule has 5 nitrogen and oxygen atoms in total. The number of amides is 1. The second-order valence-corrected chi connectivity index (χ2v) is 9.65. The first-order valence-corrected chi connectivity index (χ1v) is 11.7. The molecule has 0 spiro atoms. The largest absolute Gasteiger partial charge is 0.351 e. The molecule has 1 amide bonds.